The molecule has 2 rings (SSSR count). The second-order valence-corrected chi connectivity index (χ2v) is 4.66. The van der Waals surface area contributed by atoms with Crippen LogP contribution in [0.25, 0.3) is 11.1 Å². The van der Waals surface area contributed by atoms with Gasteiger partial charge in [-0.05, 0) is 37.6 Å². The SMILES string of the molecule is COC(=O)c1cc(-c2cccc(O)c2)cn1C(C)C. The molecule has 0 radical (unpaired) electrons. The van der Waals surface area contributed by atoms with Gasteiger partial charge in [0.05, 0.1) is 7.11 Å². The van der Waals surface area contributed by atoms with E-state index in [1.165, 1.54) is 7.11 Å². The topological polar surface area (TPSA) is 51.5 Å². The lowest BCUT2D eigenvalue weighted by molar-refractivity contribution is 0.0587. The third-order valence-corrected chi connectivity index (χ3v) is 2.98. The number of aromatic hydroxyl groups is 1. The summed E-state index contributed by atoms with van der Waals surface area (Å²) < 4.78 is 6.66. The van der Waals surface area contributed by atoms with Gasteiger partial charge in [-0.3, -0.25) is 0 Å². The maximum absolute atomic E-state index is 11.8. The fourth-order valence-electron chi connectivity index (χ4n) is 2.02. The highest BCUT2D eigenvalue weighted by atomic mass is 16.5. The second-order valence-electron chi connectivity index (χ2n) is 4.66. The number of ether oxygens (including phenoxy) is 1. The van der Waals surface area contributed by atoms with Crippen molar-refractivity contribution in [1.82, 2.24) is 4.57 Å². The van der Waals surface area contributed by atoms with E-state index in [2.05, 4.69) is 0 Å². The van der Waals surface area contributed by atoms with Crippen LogP contribution in [-0.2, 0) is 4.74 Å². The molecule has 0 aliphatic carbocycles. The van der Waals surface area contributed by atoms with Gasteiger partial charge in [0.1, 0.15) is 11.4 Å². The summed E-state index contributed by atoms with van der Waals surface area (Å²) in [6, 6.07) is 8.88. The summed E-state index contributed by atoms with van der Waals surface area (Å²) >= 11 is 0. The Bertz CT molecular complexity index is 599. The van der Waals surface area contributed by atoms with Gasteiger partial charge >= 0.3 is 5.97 Å². The molecular formula is C15H17NO3. The number of hydrogen-bond acceptors (Lipinski definition) is 3. The van der Waals surface area contributed by atoms with Crippen LogP contribution in [0, 0.1) is 0 Å². The Kier molecular flexibility index (Phi) is 3.60. The Morgan fingerprint density at radius 2 is 2.00 bits per heavy atom. The first kappa shape index (κ1) is 13.2. The molecule has 4 heteroatoms. The maximum Gasteiger partial charge on any atom is 0.354 e. The number of phenolic OH excluding ortho intramolecular Hbond substituents is 1. The summed E-state index contributed by atoms with van der Waals surface area (Å²) in [4.78, 5) is 11.8. The highest BCUT2D eigenvalue weighted by Gasteiger charge is 2.16. The van der Waals surface area contributed by atoms with Crippen LogP contribution in [-0.4, -0.2) is 22.8 Å². The lowest BCUT2D eigenvalue weighted by Gasteiger charge is -2.10. The molecule has 100 valence electrons. The lowest BCUT2D eigenvalue weighted by Crippen LogP contribution is -2.11. The van der Waals surface area contributed by atoms with E-state index in [0.717, 1.165) is 11.1 Å². The molecule has 0 aliphatic rings. The molecule has 1 aromatic heterocycles. The quantitative estimate of drug-likeness (QED) is 0.861. The van der Waals surface area contributed by atoms with E-state index in [4.69, 9.17) is 4.74 Å². The summed E-state index contributed by atoms with van der Waals surface area (Å²) in [6.45, 7) is 4.00. The molecule has 0 spiro atoms. The predicted octanol–water partition coefficient (Wildman–Crippen LogP) is 3.23. The molecule has 0 saturated heterocycles. The molecule has 19 heavy (non-hydrogen) atoms. The van der Waals surface area contributed by atoms with Crippen molar-refractivity contribution in [3.63, 3.8) is 0 Å². The van der Waals surface area contributed by atoms with Crippen LogP contribution in [0.2, 0.25) is 0 Å². The van der Waals surface area contributed by atoms with Gasteiger partial charge in [0, 0.05) is 17.8 Å². The highest BCUT2D eigenvalue weighted by molar-refractivity contribution is 5.90. The van der Waals surface area contributed by atoms with Crippen molar-refractivity contribution in [1.29, 1.82) is 0 Å². The van der Waals surface area contributed by atoms with Crippen molar-refractivity contribution in [2.24, 2.45) is 0 Å². The van der Waals surface area contributed by atoms with Crippen LogP contribution in [0.1, 0.15) is 30.4 Å². The molecule has 0 amide bonds. The first-order valence-electron chi connectivity index (χ1n) is 6.12. The molecule has 0 atom stereocenters. The predicted molar refractivity (Wildman–Crippen MR) is 73.3 cm³/mol. The number of benzene rings is 1. The van der Waals surface area contributed by atoms with Gasteiger partial charge in [0.25, 0.3) is 0 Å². The van der Waals surface area contributed by atoms with Crippen LogP contribution in [0.5, 0.6) is 5.75 Å². The molecule has 0 aliphatic heterocycles. The van der Waals surface area contributed by atoms with Crippen LogP contribution < -0.4 is 0 Å². The Labute approximate surface area is 112 Å². The van der Waals surface area contributed by atoms with Crippen LogP contribution >= 0.6 is 0 Å². The van der Waals surface area contributed by atoms with Crippen molar-refractivity contribution in [3.8, 4) is 16.9 Å². The van der Waals surface area contributed by atoms with E-state index in [9.17, 15) is 9.90 Å². The van der Waals surface area contributed by atoms with Crippen LogP contribution in [0.3, 0.4) is 0 Å². The Balaban J connectivity index is 2.51. The summed E-state index contributed by atoms with van der Waals surface area (Å²) in [7, 11) is 1.37. The normalized spacial score (nSPS) is 10.7. The largest absolute Gasteiger partial charge is 0.508 e. The van der Waals surface area contributed by atoms with Gasteiger partial charge in [-0.25, -0.2) is 4.79 Å². The number of carbonyl (C=O) groups is 1. The van der Waals surface area contributed by atoms with E-state index in [0.29, 0.717) is 5.69 Å². The molecule has 0 bridgehead atoms. The highest BCUT2D eigenvalue weighted by Crippen LogP contribution is 2.27. The molecule has 1 aromatic carbocycles. The number of rotatable bonds is 3. The van der Waals surface area contributed by atoms with E-state index in [1.807, 2.05) is 30.7 Å². The molecule has 1 N–H and O–H groups in total. The fraction of sp³-hybridized carbons (Fsp3) is 0.267. The van der Waals surface area contributed by atoms with E-state index in [-0.39, 0.29) is 17.8 Å². The van der Waals surface area contributed by atoms with Gasteiger partial charge in [0.2, 0.25) is 0 Å². The Hall–Kier alpha value is -2.23. The van der Waals surface area contributed by atoms with Crippen molar-refractivity contribution < 1.29 is 14.6 Å². The zero-order valence-corrected chi connectivity index (χ0v) is 11.3. The second kappa shape index (κ2) is 5.18. The number of aromatic nitrogens is 1. The number of nitrogens with zero attached hydrogens (tertiary/aromatic N) is 1. The maximum atomic E-state index is 11.8. The molecule has 0 unspecified atom stereocenters. The third-order valence-electron chi connectivity index (χ3n) is 2.98. The fourth-order valence-corrected chi connectivity index (χ4v) is 2.02. The number of carbonyl (C=O) groups excluding carboxylic acids is 1. The number of phenols is 1. The number of esters is 1. The summed E-state index contributed by atoms with van der Waals surface area (Å²) in [6.07, 6.45) is 1.89. The van der Waals surface area contributed by atoms with Gasteiger partial charge in [0.15, 0.2) is 0 Å². The van der Waals surface area contributed by atoms with Crippen LogP contribution in [0.15, 0.2) is 36.5 Å². The van der Waals surface area contributed by atoms with Gasteiger partial charge in [-0.2, -0.15) is 0 Å². The molecule has 4 nitrogen and oxygen atoms in total. The first-order chi connectivity index (χ1) is 9.02. The molecular weight excluding hydrogens is 242 g/mol. The molecule has 0 saturated carbocycles. The average Bonchev–Trinajstić information content (AvgIpc) is 2.83. The van der Waals surface area contributed by atoms with E-state index < -0.39 is 0 Å². The van der Waals surface area contributed by atoms with Crippen molar-refractivity contribution in [2.75, 3.05) is 7.11 Å². The Morgan fingerprint density at radius 1 is 1.26 bits per heavy atom. The smallest absolute Gasteiger partial charge is 0.354 e. The Morgan fingerprint density at radius 3 is 2.58 bits per heavy atom. The van der Waals surface area contributed by atoms with Crippen molar-refractivity contribution >= 4 is 5.97 Å². The van der Waals surface area contributed by atoms with Gasteiger partial charge in [-0.15, -0.1) is 0 Å². The van der Waals surface area contributed by atoms with Crippen LogP contribution in [0.4, 0.5) is 0 Å². The summed E-state index contributed by atoms with van der Waals surface area (Å²) in [5, 5.41) is 9.52. The first-order valence-corrected chi connectivity index (χ1v) is 6.12. The minimum atomic E-state index is -0.361. The average molecular weight is 259 g/mol. The van der Waals surface area contributed by atoms with Crippen molar-refractivity contribution in [3.05, 3.63) is 42.2 Å². The molecule has 1 heterocycles. The van der Waals surface area contributed by atoms with Crippen molar-refractivity contribution in [2.45, 2.75) is 19.9 Å². The minimum Gasteiger partial charge on any atom is -0.508 e. The summed E-state index contributed by atoms with van der Waals surface area (Å²) in [5.41, 5.74) is 2.25. The van der Waals surface area contributed by atoms with E-state index in [1.54, 1.807) is 24.3 Å². The number of methoxy groups -OCH3 is 1. The monoisotopic (exact) mass is 259 g/mol. The molecule has 2 aromatic rings. The minimum absolute atomic E-state index is 0.153. The third kappa shape index (κ3) is 2.62. The van der Waals surface area contributed by atoms with Gasteiger partial charge < -0.3 is 14.4 Å². The number of hydrogen-bond donors (Lipinski definition) is 1. The molecule has 0 fully saturated rings. The standard InChI is InChI=1S/C15H17NO3/c1-10(2)16-9-12(8-14(16)15(18)19-3)11-5-4-6-13(17)7-11/h4-10,17H,1-3H3. The summed E-state index contributed by atoms with van der Waals surface area (Å²) in [5.74, 6) is -0.158. The lowest BCUT2D eigenvalue weighted by atomic mass is 10.1. The van der Waals surface area contributed by atoms with Gasteiger partial charge in [-0.1, -0.05) is 12.1 Å². The zero-order chi connectivity index (χ0) is 14.0. The zero-order valence-electron chi connectivity index (χ0n) is 11.3. The van der Waals surface area contributed by atoms with E-state index >= 15 is 0 Å².